The summed E-state index contributed by atoms with van der Waals surface area (Å²) in [6.45, 7) is 9.19. The Bertz CT molecular complexity index is 1470. The molecule has 42 heavy (non-hydrogen) atoms. The monoisotopic (exact) mass is 597 g/mol. The molecule has 0 radical (unpaired) electrons. The average Bonchev–Trinajstić information content (AvgIpc) is 2.95. The van der Waals surface area contributed by atoms with E-state index in [1.165, 1.54) is 36.3 Å². The van der Waals surface area contributed by atoms with Crippen LogP contribution in [0.5, 0.6) is 5.75 Å². The lowest BCUT2D eigenvalue weighted by atomic mass is 10.1. The van der Waals surface area contributed by atoms with Gasteiger partial charge in [-0.05, 0) is 73.7 Å². The lowest BCUT2D eigenvalue weighted by Gasteiger charge is -2.33. The highest BCUT2D eigenvalue weighted by atomic mass is 32.2. The SMILES string of the molecule is CC[C@@H](C(=O)NCC(C)C)N(Cc1ccc(F)cc1)C(=O)CN(c1cc(C)ccc1OC)S(=O)(=O)c1ccc(C)cc1. The Labute approximate surface area is 248 Å². The molecule has 0 spiro atoms. The number of rotatable bonds is 13. The average molecular weight is 598 g/mol. The van der Waals surface area contributed by atoms with Gasteiger partial charge in [0.2, 0.25) is 11.8 Å². The summed E-state index contributed by atoms with van der Waals surface area (Å²) in [6, 6.07) is 16.2. The van der Waals surface area contributed by atoms with Crippen molar-refractivity contribution < 1.29 is 27.1 Å². The number of hydrogen-bond acceptors (Lipinski definition) is 5. The fourth-order valence-corrected chi connectivity index (χ4v) is 5.89. The van der Waals surface area contributed by atoms with Crippen LogP contribution in [0, 0.1) is 25.6 Å². The lowest BCUT2D eigenvalue weighted by molar-refractivity contribution is -0.140. The number of amides is 2. The van der Waals surface area contributed by atoms with Crippen molar-refractivity contribution in [3.8, 4) is 5.75 Å². The van der Waals surface area contributed by atoms with Gasteiger partial charge < -0.3 is 15.0 Å². The number of halogens is 1. The minimum atomic E-state index is -4.25. The van der Waals surface area contributed by atoms with Crippen molar-refractivity contribution in [3.63, 3.8) is 0 Å². The van der Waals surface area contributed by atoms with Crippen molar-refractivity contribution in [1.29, 1.82) is 0 Å². The maximum Gasteiger partial charge on any atom is 0.264 e. The number of ether oxygens (including phenoxy) is 1. The molecule has 8 nitrogen and oxygen atoms in total. The van der Waals surface area contributed by atoms with E-state index in [2.05, 4.69) is 5.32 Å². The highest BCUT2D eigenvalue weighted by molar-refractivity contribution is 7.92. The molecule has 0 aliphatic rings. The van der Waals surface area contributed by atoms with Crippen LogP contribution in [0.2, 0.25) is 0 Å². The minimum absolute atomic E-state index is 0.0104. The van der Waals surface area contributed by atoms with Crippen molar-refractivity contribution >= 4 is 27.5 Å². The number of carbonyl (C=O) groups excluding carboxylic acids is 2. The molecule has 0 unspecified atom stereocenters. The number of methoxy groups -OCH3 is 1. The molecule has 226 valence electrons. The molecule has 0 aliphatic heterocycles. The minimum Gasteiger partial charge on any atom is -0.495 e. The second kappa shape index (κ2) is 14.3. The molecule has 2 amide bonds. The predicted octanol–water partition coefficient (Wildman–Crippen LogP) is 5.23. The first kappa shape index (κ1) is 32.6. The van der Waals surface area contributed by atoms with Crippen LogP contribution in [0.4, 0.5) is 10.1 Å². The molecule has 0 heterocycles. The molecular weight excluding hydrogens is 557 g/mol. The first-order valence-electron chi connectivity index (χ1n) is 13.9. The van der Waals surface area contributed by atoms with Gasteiger partial charge >= 0.3 is 0 Å². The van der Waals surface area contributed by atoms with Crippen molar-refractivity contribution in [3.05, 3.63) is 89.2 Å². The second-order valence-electron chi connectivity index (χ2n) is 10.7. The maximum atomic E-state index is 14.2. The zero-order valence-corrected chi connectivity index (χ0v) is 25.9. The largest absolute Gasteiger partial charge is 0.495 e. The molecule has 0 aromatic heterocycles. The zero-order chi connectivity index (χ0) is 31.0. The van der Waals surface area contributed by atoms with Crippen LogP contribution in [0.15, 0.2) is 71.6 Å². The number of nitrogens with zero attached hydrogens (tertiary/aromatic N) is 2. The topological polar surface area (TPSA) is 96.0 Å². The van der Waals surface area contributed by atoms with Gasteiger partial charge in [-0.1, -0.05) is 56.7 Å². The van der Waals surface area contributed by atoms with Gasteiger partial charge in [-0.3, -0.25) is 13.9 Å². The standard InChI is InChI=1S/C32H40FN3O5S/c1-7-28(32(38)34-19-22(2)3)35(20-25-11-13-26(33)14-12-25)31(37)21-36(29-18-24(5)10-17-30(29)41-6)42(39,40)27-15-8-23(4)9-16-27/h8-18,22,28H,7,19-21H2,1-6H3,(H,34,38)/t28-/m0/s1. The summed E-state index contributed by atoms with van der Waals surface area (Å²) in [5, 5.41) is 2.89. The van der Waals surface area contributed by atoms with Gasteiger partial charge in [0, 0.05) is 13.1 Å². The van der Waals surface area contributed by atoms with E-state index in [0.29, 0.717) is 12.1 Å². The van der Waals surface area contributed by atoms with Crippen LogP contribution in [0.1, 0.15) is 43.9 Å². The molecule has 0 saturated carbocycles. The molecule has 0 fully saturated rings. The Hall–Kier alpha value is -3.92. The van der Waals surface area contributed by atoms with Gasteiger partial charge in [-0.2, -0.15) is 0 Å². The quantitative estimate of drug-likeness (QED) is 0.291. The maximum absolute atomic E-state index is 14.2. The van der Waals surface area contributed by atoms with E-state index in [9.17, 15) is 22.4 Å². The van der Waals surface area contributed by atoms with Gasteiger partial charge in [0.1, 0.15) is 24.2 Å². The number of carbonyl (C=O) groups is 2. The molecule has 3 rings (SSSR count). The molecular formula is C32H40FN3O5S. The van der Waals surface area contributed by atoms with Gasteiger partial charge in [0.15, 0.2) is 0 Å². The van der Waals surface area contributed by atoms with Gasteiger partial charge in [-0.15, -0.1) is 0 Å². The lowest BCUT2D eigenvalue weighted by Crippen LogP contribution is -2.52. The van der Waals surface area contributed by atoms with Crippen molar-refractivity contribution in [2.75, 3.05) is 24.5 Å². The Balaban J connectivity index is 2.11. The third kappa shape index (κ3) is 8.09. The van der Waals surface area contributed by atoms with E-state index >= 15 is 0 Å². The third-order valence-electron chi connectivity index (χ3n) is 6.83. The molecule has 1 atom stereocenters. The summed E-state index contributed by atoms with van der Waals surface area (Å²) >= 11 is 0. The third-order valence-corrected chi connectivity index (χ3v) is 8.60. The van der Waals surface area contributed by atoms with E-state index in [-0.39, 0.29) is 41.1 Å². The first-order chi connectivity index (χ1) is 19.9. The Morgan fingerprint density at radius 1 is 0.952 bits per heavy atom. The zero-order valence-electron chi connectivity index (χ0n) is 25.1. The van der Waals surface area contributed by atoms with Gasteiger partial charge in [0.05, 0.1) is 17.7 Å². The van der Waals surface area contributed by atoms with Crippen LogP contribution in [0.3, 0.4) is 0 Å². The normalized spacial score (nSPS) is 12.1. The number of benzene rings is 3. The summed E-state index contributed by atoms with van der Waals surface area (Å²) in [6.07, 6.45) is 0.287. The number of anilines is 1. The summed E-state index contributed by atoms with van der Waals surface area (Å²) < 4.78 is 48.4. The van der Waals surface area contributed by atoms with E-state index in [1.54, 1.807) is 49.4 Å². The van der Waals surface area contributed by atoms with Crippen molar-refractivity contribution in [1.82, 2.24) is 10.2 Å². The van der Waals surface area contributed by atoms with Crippen molar-refractivity contribution in [2.45, 2.75) is 58.5 Å². The second-order valence-corrected chi connectivity index (χ2v) is 12.6. The molecule has 0 saturated heterocycles. The van der Waals surface area contributed by atoms with E-state index in [1.807, 2.05) is 27.7 Å². The van der Waals surface area contributed by atoms with Crippen LogP contribution in [-0.2, 0) is 26.2 Å². The molecule has 3 aromatic carbocycles. The molecule has 0 aliphatic carbocycles. The number of hydrogen-bond donors (Lipinski definition) is 1. The summed E-state index contributed by atoms with van der Waals surface area (Å²) in [5.74, 6) is -0.902. The summed E-state index contributed by atoms with van der Waals surface area (Å²) in [7, 11) is -2.82. The number of aryl methyl sites for hydroxylation is 2. The molecule has 10 heteroatoms. The van der Waals surface area contributed by atoms with Crippen LogP contribution in [0.25, 0.3) is 0 Å². The Kier molecular flexibility index (Phi) is 11.1. The Morgan fingerprint density at radius 3 is 2.14 bits per heavy atom. The molecule has 0 bridgehead atoms. The van der Waals surface area contributed by atoms with E-state index in [0.717, 1.165) is 15.4 Å². The first-order valence-corrected chi connectivity index (χ1v) is 15.4. The van der Waals surface area contributed by atoms with Gasteiger partial charge in [-0.25, -0.2) is 12.8 Å². The fourth-order valence-electron chi connectivity index (χ4n) is 4.47. The highest BCUT2D eigenvalue weighted by Crippen LogP contribution is 2.34. The van der Waals surface area contributed by atoms with E-state index < -0.39 is 34.3 Å². The van der Waals surface area contributed by atoms with Crippen LogP contribution in [-0.4, -0.2) is 51.4 Å². The van der Waals surface area contributed by atoms with Gasteiger partial charge in [0.25, 0.3) is 10.0 Å². The van der Waals surface area contributed by atoms with Crippen LogP contribution >= 0.6 is 0 Å². The van der Waals surface area contributed by atoms with Crippen molar-refractivity contribution in [2.24, 2.45) is 5.92 Å². The summed E-state index contributed by atoms with van der Waals surface area (Å²) in [5.41, 5.74) is 2.45. The van der Waals surface area contributed by atoms with Crippen LogP contribution < -0.4 is 14.4 Å². The smallest absolute Gasteiger partial charge is 0.264 e. The number of sulfonamides is 1. The summed E-state index contributed by atoms with van der Waals surface area (Å²) in [4.78, 5) is 28.9. The predicted molar refractivity (Wildman–Crippen MR) is 162 cm³/mol. The fraction of sp³-hybridized carbons (Fsp3) is 0.375. The highest BCUT2D eigenvalue weighted by Gasteiger charge is 2.34. The van der Waals surface area contributed by atoms with E-state index in [4.69, 9.17) is 4.74 Å². The number of nitrogens with one attached hydrogen (secondary N) is 1. The molecule has 3 aromatic rings. The molecule has 1 N–H and O–H groups in total. The Morgan fingerprint density at radius 2 is 1.57 bits per heavy atom.